The van der Waals surface area contributed by atoms with E-state index in [-0.39, 0.29) is 12.3 Å². The normalized spacial score (nSPS) is 13.1. The minimum absolute atomic E-state index is 0.104. The van der Waals surface area contributed by atoms with Gasteiger partial charge in [0.15, 0.2) is 6.04 Å². The summed E-state index contributed by atoms with van der Waals surface area (Å²) >= 11 is 0. The van der Waals surface area contributed by atoms with Gasteiger partial charge in [-0.25, -0.2) is 4.79 Å². The summed E-state index contributed by atoms with van der Waals surface area (Å²) in [7, 11) is 3.86. The quantitative estimate of drug-likeness (QED) is 0.324. The number of aliphatic hydroxyl groups is 1. The van der Waals surface area contributed by atoms with Crippen molar-refractivity contribution in [3.8, 4) is 0 Å². The van der Waals surface area contributed by atoms with Gasteiger partial charge in [-0.15, -0.1) is 0 Å². The number of hydrogen-bond donors (Lipinski definition) is 1. The summed E-state index contributed by atoms with van der Waals surface area (Å²) < 4.78 is 5.02. The Morgan fingerprint density at radius 3 is 2.32 bits per heavy atom. The van der Waals surface area contributed by atoms with E-state index in [1.165, 1.54) is 30.5 Å². The molecule has 0 aromatic heterocycles. The van der Waals surface area contributed by atoms with E-state index in [1.807, 2.05) is 43.3 Å². The molecule has 1 N–H and O–H groups in total. The molecule has 0 heterocycles. The Labute approximate surface area is 163 Å². The van der Waals surface area contributed by atoms with Crippen LogP contribution in [-0.4, -0.2) is 49.0 Å². The maximum Gasteiger partial charge on any atom is 0.333 e. The highest BCUT2D eigenvalue weighted by Gasteiger charge is 2.29. The Bertz CT molecular complexity index is 832. The predicted octanol–water partition coefficient (Wildman–Crippen LogP) is 2.75. The molecule has 0 amide bonds. The molecule has 0 saturated carbocycles. The highest BCUT2D eigenvalue weighted by Crippen LogP contribution is 2.23. The minimum atomic E-state index is -1.29. The molecule has 0 fully saturated rings. The molecule has 0 spiro atoms. The lowest BCUT2D eigenvalue weighted by atomic mass is 10.0. The number of carbonyl (C=O) groups excluding carboxylic acids is 1. The second-order valence-electron chi connectivity index (χ2n) is 6.25. The van der Waals surface area contributed by atoms with E-state index < -0.39 is 23.0 Å². The van der Waals surface area contributed by atoms with Crippen LogP contribution in [-0.2, 0) is 9.53 Å². The molecule has 148 valence electrons. The molecule has 0 aliphatic rings. The van der Waals surface area contributed by atoms with Crippen LogP contribution in [0.3, 0.4) is 0 Å². The number of anilines is 1. The molecular weight excluding hydrogens is 362 g/mol. The number of rotatable bonds is 8. The lowest BCUT2D eigenvalue weighted by molar-refractivity contribution is -0.384. The first-order valence-corrected chi connectivity index (χ1v) is 8.73. The molecule has 0 unspecified atom stereocenters. The van der Waals surface area contributed by atoms with Gasteiger partial charge in [-0.05, 0) is 42.3 Å². The van der Waals surface area contributed by atoms with Crippen molar-refractivity contribution in [3.05, 3.63) is 69.8 Å². The Morgan fingerprint density at radius 2 is 1.82 bits per heavy atom. The number of aliphatic imine (C=N–C) groups is 1. The standard InChI is InChI=1S/C20H23N3O5/c1-4-28-20(25)18(19(24)15-7-11-17(12-8-15)23(26)27)21-13-14-5-9-16(10-6-14)22(2)3/h5-13,18-19,24H,4H2,1-3H3/t18-,19+/m1/s1. The highest BCUT2D eigenvalue weighted by molar-refractivity contribution is 5.85. The summed E-state index contributed by atoms with van der Waals surface area (Å²) in [6, 6.07) is 11.7. The van der Waals surface area contributed by atoms with E-state index in [1.54, 1.807) is 6.92 Å². The van der Waals surface area contributed by atoms with Crippen molar-refractivity contribution in [2.75, 3.05) is 25.6 Å². The second kappa shape index (κ2) is 9.61. The number of ether oxygens (including phenoxy) is 1. The molecule has 28 heavy (non-hydrogen) atoms. The van der Waals surface area contributed by atoms with Gasteiger partial charge < -0.3 is 14.7 Å². The fourth-order valence-electron chi connectivity index (χ4n) is 2.50. The Balaban J connectivity index is 2.25. The molecule has 8 heteroatoms. The molecule has 0 radical (unpaired) electrons. The number of nitrogens with zero attached hydrogens (tertiary/aromatic N) is 3. The van der Waals surface area contributed by atoms with Crippen molar-refractivity contribution in [1.82, 2.24) is 0 Å². The van der Waals surface area contributed by atoms with Crippen LogP contribution in [0.25, 0.3) is 0 Å². The van der Waals surface area contributed by atoms with Crippen molar-refractivity contribution in [2.45, 2.75) is 19.1 Å². The third-order valence-corrected chi connectivity index (χ3v) is 4.07. The summed E-state index contributed by atoms with van der Waals surface area (Å²) in [5.41, 5.74) is 2.01. The zero-order valence-electron chi connectivity index (χ0n) is 16.0. The smallest absolute Gasteiger partial charge is 0.333 e. The van der Waals surface area contributed by atoms with E-state index in [9.17, 15) is 20.0 Å². The maximum atomic E-state index is 12.3. The number of nitro benzene ring substituents is 1. The second-order valence-corrected chi connectivity index (χ2v) is 6.25. The van der Waals surface area contributed by atoms with E-state index in [2.05, 4.69) is 4.99 Å². The number of hydrogen-bond acceptors (Lipinski definition) is 7. The first-order valence-electron chi connectivity index (χ1n) is 8.73. The van der Waals surface area contributed by atoms with Crippen LogP contribution < -0.4 is 4.90 Å². The lowest BCUT2D eigenvalue weighted by Gasteiger charge is -2.18. The molecule has 0 aliphatic carbocycles. The van der Waals surface area contributed by atoms with Crippen molar-refractivity contribution in [3.63, 3.8) is 0 Å². The average Bonchev–Trinajstić information content (AvgIpc) is 2.68. The Morgan fingerprint density at radius 1 is 1.21 bits per heavy atom. The number of aliphatic hydroxyl groups excluding tert-OH is 1. The van der Waals surface area contributed by atoms with Gasteiger partial charge in [-0.1, -0.05) is 12.1 Å². The topological polar surface area (TPSA) is 105 Å². The van der Waals surface area contributed by atoms with Crippen LogP contribution in [0.4, 0.5) is 11.4 Å². The summed E-state index contributed by atoms with van der Waals surface area (Å²) in [5.74, 6) is -0.672. The summed E-state index contributed by atoms with van der Waals surface area (Å²) in [6.45, 7) is 1.81. The number of nitro groups is 1. The zero-order chi connectivity index (χ0) is 20.7. The van der Waals surface area contributed by atoms with E-state index in [0.29, 0.717) is 5.56 Å². The number of non-ortho nitro benzene ring substituents is 1. The number of carbonyl (C=O) groups is 1. The first kappa shape index (κ1) is 21.0. The first-order chi connectivity index (χ1) is 13.3. The van der Waals surface area contributed by atoms with E-state index in [4.69, 9.17) is 4.74 Å². The van der Waals surface area contributed by atoms with Gasteiger partial charge in [-0.2, -0.15) is 0 Å². The van der Waals surface area contributed by atoms with Crippen molar-refractivity contribution >= 4 is 23.6 Å². The van der Waals surface area contributed by atoms with Gasteiger partial charge in [0.05, 0.1) is 11.5 Å². The van der Waals surface area contributed by atoms with Crippen LogP contribution in [0.15, 0.2) is 53.5 Å². The third-order valence-electron chi connectivity index (χ3n) is 4.07. The van der Waals surface area contributed by atoms with Gasteiger partial charge in [0.1, 0.15) is 6.10 Å². The SMILES string of the molecule is CCOC(=O)[C@H](N=Cc1ccc(N(C)C)cc1)[C@@H](O)c1ccc([N+](=O)[O-])cc1. The van der Waals surface area contributed by atoms with Crippen molar-refractivity contribution in [1.29, 1.82) is 0 Å². The summed E-state index contributed by atoms with van der Waals surface area (Å²) in [5, 5.41) is 21.4. The van der Waals surface area contributed by atoms with Crippen LogP contribution in [0.5, 0.6) is 0 Å². The fraction of sp³-hybridized carbons (Fsp3) is 0.300. The average molecular weight is 385 g/mol. The third kappa shape index (κ3) is 5.37. The Hall–Kier alpha value is -3.26. The molecule has 2 aromatic rings. The maximum absolute atomic E-state index is 12.3. The summed E-state index contributed by atoms with van der Waals surface area (Å²) in [6.07, 6.45) is 0.201. The van der Waals surface area contributed by atoms with Gasteiger partial charge in [0.25, 0.3) is 5.69 Å². The lowest BCUT2D eigenvalue weighted by Crippen LogP contribution is -2.28. The Kier molecular flexibility index (Phi) is 7.22. The highest BCUT2D eigenvalue weighted by atomic mass is 16.6. The molecule has 0 aliphatic heterocycles. The molecule has 2 atom stereocenters. The van der Waals surface area contributed by atoms with Gasteiger partial charge >= 0.3 is 5.97 Å². The number of benzene rings is 2. The van der Waals surface area contributed by atoms with Gasteiger partial charge in [0, 0.05) is 38.1 Å². The van der Waals surface area contributed by atoms with Gasteiger partial charge in [-0.3, -0.25) is 15.1 Å². The molecule has 2 aromatic carbocycles. The largest absolute Gasteiger partial charge is 0.464 e. The van der Waals surface area contributed by atoms with Crippen LogP contribution in [0, 0.1) is 10.1 Å². The molecule has 0 bridgehead atoms. The predicted molar refractivity (Wildman–Crippen MR) is 107 cm³/mol. The van der Waals surface area contributed by atoms with Crippen molar-refractivity contribution in [2.24, 2.45) is 4.99 Å². The number of esters is 1. The van der Waals surface area contributed by atoms with Crippen LogP contribution in [0.1, 0.15) is 24.2 Å². The van der Waals surface area contributed by atoms with Gasteiger partial charge in [0.2, 0.25) is 0 Å². The van der Waals surface area contributed by atoms with E-state index in [0.717, 1.165) is 11.3 Å². The van der Waals surface area contributed by atoms with Crippen LogP contribution in [0.2, 0.25) is 0 Å². The van der Waals surface area contributed by atoms with E-state index >= 15 is 0 Å². The summed E-state index contributed by atoms with van der Waals surface area (Å²) in [4.78, 5) is 28.7. The molecular formula is C20H23N3O5. The monoisotopic (exact) mass is 385 g/mol. The minimum Gasteiger partial charge on any atom is -0.464 e. The molecule has 8 nitrogen and oxygen atoms in total. The molecule has 0 saturated heterocycles. The van der Waals surface area contributed by atoms with Crippen molar-refractivity contribution < 1.29 is 19.6 Å². The van der Waals surface area contributed by atoms with Crippen LogP contribution >= 0.6 is 0 Å². The fourth-order valence-corrected chi connectivity index (χ4v) is 2.50. The zero-order valence-corrected chi connectivity index (χ0v) is 16.0. The molecule has 2 rings (SSSR count).